The predicted octanol–water partition coefficient (Wildman–Crippen LogP) is 4.74. The van der Waals surface area contributed by atoms with Crippen LogP contribution in [-0.2, 0) is 15.7 Å². The van der Waals surface area contributed by atoms with Gasteiger partial charge < -0.3 is 9.84 Å². The molecule has 1 aliphatic rings. The highest BCUT2D eigenvalue weighted by atomic mass is 19.4. The summed E-state index contributed by atoms with van der Waals surface area (Å²) in [6, 6.07) is 3.92. The lowest BCUT2D eigenvalue weighted by molar-refractivity contribution is -0.166. The molecule has 1 fully saturated rings. The maximum Gasteiger partial charge on any atom is 0.416 e. The number of carbonyl (C=O) groups is 1. The van der Waals surface area contributed by atoms with Crippen molar-refractivity contribution in [3.63, 3.8) is 0 Å². The second-order valence-electron chi connectivity index (χ2n) is 7.32. The summed E-state index contributed by atoms with van der Waals surface area (Å²) in [5.41, 5.74) is -0.722. The van der Waals surface area contributed by atoms with E-state index in [-0.39, 0.29) is 17.6 Å². The number of halogens is 3. The van der Waals surface area contributed by atoms with E-state index in [1.165, 1.54) is 0 Å². The van der Waals surface area contributed by atoms with Crippen molar-refractivity contribution >= 4 is 5.97 Å². The van der Waals surface area contributed by atoms with Crippen LogP contribution in [0.1, 0.15) is 57.3 Å². The Balaban J connectivity index is 2.06. The van der Waals surface area contributed by atoms with E-state index in [1.807, 2.05) is 0 Å². The molecule has 1 aromatic carbocycles. The van der Waals surface area contributed by atoms with Crippen LogP contribution in [0.15, 0.2) is 24.3 Å². The van der Waals surface area contributed by atoms with Gasteiger partial charge in [0, 0.05) is 0 Å². The molecule has 1 aliphatic carbocycles. The van der Waals surface area contributed by atoms with Gasteiger partial charge in [-0.05, 0) is 48.3 Å². The molecule has 0 spiro atoms. The molecule has 1 aromatic rings. The molecular weight excluding hydrogens is 333 g/mol. The predicted molar refractivity (Wildman–Crippen MR) is 87.6 cm³/mol. The molecule has 3 nitrogen and oxygen atoms in total. The summed E-state index contributed by atoms with van der Waals surface area (Å²) in [6.45, 7) is 6.26. The fourth-order valence-electron chi connectivity index (χ4n) is 3.45. The summed E-state index contributed by atoms with van der Waals surface area (Å²) in [4.78, 5) is 12.3. The third kappa shape index (κ3) is 4.97. The second kappa shape index (κ2) is 7.77. The maximum absolute atomic E-state index is 12.6. The van der Waals surface area contributed by atoms with Crippen molar-refractivity contribution in [1.29, 1.82) is 0 Å². The van der Waals surface area contributed by atoms with Crippen LogP contribution in [0, 0.1) is 17.8 Å². The lowest BCUT2D eigenvalue weighted by atomic mass is 9.75. The number of ether oxygens (including phenoxy) is 1. The van der Waals surface area contributed by atoms with E-state index >= 15 is 0 Å². The summed E-state index contributed by atoms with van der Waals surface area (Å²) in [5.74, 6) is 0.231. The molecule has 6 heteroatoms. The van der Waals surface area contributed by atoms with Gasteiger partial charge in [0.1, 0.15) is 6.10 Å². The van der Waals surface area contributed by atoms with Gasteiger partial charge in [-0.25, -0.2) is 4.79 Å². The molecule has 0 radical (unpaired) electrons. The van der Waals surface area contributed by atoms with Crippen molar-refractivity contribution in [2.75, 3.05) is 0 Å². The SMILES string of the molecule is CC(C)[C@@H]1CC[C@@H](C)C[C@H]1OC(=O)C(O)c1ccc(C(F)(F)F)cc1. The van der Waals surface area contributed by atoms with Crippen LogP contribution in [0.3, 0.4) is 0 Å². The Morgan fingerprint density at radius 3 is 2.32 bits per heavy atom. The maximum atomic E-state index is 12.6. The molecule has 0 bridgehead atoms. The van der Waals surface area contributed by atoms with E-state index in [0.29, 0.717) is 11.8 Å². The normalized spacial score (nSPS) is 25.7. The Hall–Kier alpha value is -1.56. The first-order valence-electron chi connectivity index (χ1n) is 8.65. The van der Waals surface area contributed by atoms with Crippen LogP contribution in [0.5, 0.6) is 0 Å². The van der Waals surface area contributed by atoms with Gasteiger partial charge >= 0.3 is 12.1 Å². The number of hydrogen-bond acceptors (Lipinski definition) is 3. The van der Waals surface area contributed by atoms with Crippen LogP contribution in [-0.4, -0.2) is 17.2 Å². The highest BCUT2D eigenvalue weighted by molar-refractivity contribution is 5.76. The zero-order valence-corrected chi connectivity index (χ0v) is 14.7. The van der Waals surface area contributed by atoms with Crippen LogP contribution in [0.2, 0.25) is 0 Å². The fraction of sp³-hybridized carbons (Fsp3) is 0.632. The first-order chi connectivity index (χ1) is 11.6. The van der Waals surface area contributed by atoms with Crippen molar-refractivity contribution in [1.82, 2.24) is 0 Å². The topological polar surface area (TPSA) is 46.5 Å². The quantitative estimate of drug-likeness (QED) is 0.791. The molecule has 4 atom stereocenters. The summed E-state index contributed by atoms with van der Waals surface area (Å²) in [5, 5.41) is 10.1. The first-order valence-corrected chi connectivity index (χ1v) is 8.65. The summed E-state index contributed by atoms with van der Waals surface area (Å²) >= 11 is 0. The Bertz CT molecular complexity index is 581. The zero-order chi connectivity index (χ0) is 18.8. The van der Waals surface area contributed by atoms with Crippen LogP contribution in [0.25, 0.3) is 0 Å². The minimum absolute atomic E-state index is 0.1000. The van der Waals surface area contributed by atoms with Crippen molar-refractivity contribution in [3.8, 4) is 0 Å². The van der Waals surface area contributed by atoms with Gasteiger partial charge in [-0.2, -0.15) is 13.2 Å². The molecule has 1 saturated carbocycles. The van der Waals surface area contributed by atoms with Crippen molar-refractivity contribution in [2.24, 2.45) is 17.8 Å². The second-order valence-corrected chi connectivity index (χ2v) is 7.32. The monoisotopic (exact) mass is 358 g/mol. The van der Waals surface area contributed by atoms with Crippen LogP contribution in [0.4, 0.5) is 13.2 Å². The molecule has 0 heterocycles. The average molecular weight is 358 g/mol. The van der Waals surface area contributed by atoms with Gasteiger partial charge in [0.2, 0.25) is 0 Å². The summed E-state index contributed by atoms with van der Waals surface area (Å²) < 4.78 is 43.3. The number of aliphatic hydroxyl groups is 1. The zero-order valence-electron chi connectivity index (χ0n) is 14.7. The lowest BCUT2D eigenvalue weighted by Gasteiger charge is -2.37. The van der Waals surface area contributed by atoms with Gasteiger partial charge in [-0.15, -0.1) is 0 Å². The van der Waals surface area contributed by atoms with E-state index in [0.717, 1.165) is 43.5 Å². The smallest absolute Gasteiger partial charge is 0.416 e. The number of hydrogen-bond donors (Lipinski definition) is 1. The van der Waals surface area contributed by atoms with Crippen LogP contribution >= 0.6 is 0 Å². The molecule has 1 N–H and O–H groups in total. The lowest BCUT2D eigenvalue weighted by Crippen LogP contribution is -2.37. The van der Waals surface area contributed by atoms with E-state index in [4.69, 9.17) is 4.74 Å². The summed E-state index contributed by atoms with van der Waals surface area (Å²) in [7, 11) is 0. The third-order valence-electron chi connectivity index (χ3n) is 5.01. The van der Waals surface area contributed by atoms with E-state index in [2.05, 4.69) is 20.8 Å². The fourth-order valence-corrected chi connectivity index (χ4v) is 3.45. The van der Waals surface area contributed by atoms with Gasteiger partial charge in [-0.1, -0.05) is 39.3 Å². The molecule has 0 saturated heterocycles. The first kappa shape index (κ1) is 19.8. The molecule has 0 aromatic heterocycles. The molecule has 0 amide bonds. The van der Waals surface area contributed by atoms with Gasteiger partial charge in [-0.3, -0.25) is 0 Å². The number of alkyl halides is 3. The molecule has 2 rings (SSSR count). The van der Waals surface area contributed by atoms with Crippen molar-refractivity contribution in [2.45, 2.75) is 58.4 Å². The summed E-state index contributed by atoms with van der Waals surface area (Å²) in [6.07, 6.45) is -3.50. The van der Waals surface area contributed by atoms with E-state index in [1.54, 1.807) is 0 Å². The van der Waals surface area contributed by atoms with E-state index in [9.17, 15) is 23.1 Å². The number of aliphatic hydroxyl groups excluding tert-OH is 1. The van der Waals surface area contributed by atoms with Crippen LogP contribution < -0.4 is 0 Å². The molecule has 140 valence electrons. The Morgan fingerprint density at radius 2 is 1.80 bits per heavy atom. The highest BCUT2D eigenvalue weighted by Gasteiger charge is 2.35. The molecule has 1 unspecified atom stereocenters. The largest absolute Gasteiger partial charge is 0.460 e. The minimum atomic E-state index is -4.45. The number of esters is 1. The van der Waals surface area contributed by atoms with Gasteiger partial charge in [0.05, 0.1) is 5.56 Å². The number of carbonyl (C=O) groups excluding carboxylic acids is 1. The molecule has 0 aliphatic heterocycles. The standard InChI is InChI=1S/C19H25F3O3/c1-11(2)15-9-4-12(3)10-16(15)25-18(24)17(23)13-5-7-14(8-6-13)19(20,21)22/h5-8,11-12,15-17,23H,4,9-10H2,1-3H3/t12-,15+,16-,17?/m1/s1. The number of benzene rings is 1. The Morgan fingerprint density at radius 1 is 1.20 bits per heavy atom. The van der Waals surface area contributed by atoms with Crippen molar-refractivity contribution < 1.29 is 27.8 Å². The highest BCUT2D eigenvalue weighted by Crippen LogP contribution is 2.36. The van der Waals surface area contributed by atoms with Crippen molar-refractivity contribution in [3.05, 3.63) is 35.4 Å². The Kier molecular flexibility index (Phi) is 6.14. The van der Waals surface area contributed by atoms with Gasteiger partial charge in [0.15, 0.2) is 6.10 Å². The third-order valence-corrected chi connectivity index (χ3v) is 5.01. The van der Waals surface area contributed by atoms with Gasteiger partial charge in [0.25, 0.3) is 0 Å². The minimum Gasteiger partial charge on any atom is -0.460 e. The molecular formula is C19H25F3O3. The number of rotatable bonds is 4. The average Bonchev–Trinajstić information content (AvgIpc) is 2.53. The molecule has 25 heavy (non-hydrogen) atoms. The van der Waals surface area contributed by atoms with E-state index < -0.39 is 23.8 Å². The Labute approximate surface area is 146 Å².